The Bertz CT molecular complexity index is 2410. The Kier molecular flexibility index (Phi) is 11.3. The number of anilines is 2. The van der Waals surface area contributed by atoms with Crippen LogP contribution in [0.1, 0.15) is 40.4 Å². The number of nitrogens with zero attached hydrogens (tertiary/aromatic N) is 2. The number of benzene rings is 5. The van der Waals surface area contributed by atoms with E-state index in [1.54, 1.807) is 18.2 Å². The Morgan fingerprint density at radius 2 is 1.56 bits per heavy atom. The van der Waals surface area contributed by atoms with Crippen LogP contribution >= 0.6 is 0 Å². The molecule has 12 nitrogen and oxygen atoms in total. The number of hydrogen-bond acceptors (Lipinski definition) is 9. The molecule has 5 aromatic carbocycles. The van der Waals surface area contributed by atoms with E-state index in [2.05, 4.69) is 73.4 Å². The number of fused-ring (bicyclic) bond motifs is 1. The van der Waals surface area contributed by atoms with E-state index in [4.69, 9.17) is 9.47 Å². The maximum absolute atomic E-state index is 13.9. The number of piperazine rings is 1. The minimum Gasteiger partial charge on any atom is -0.456 e. The molecule has 2 aliphatic rings. The van der Waals surface area contributed by atoms with E-state index in [-0.39, 0.29) is 27.9 Å². The number of H-pyrrole nitrogens is 1. The lowest BCUT2D eigenvalue weighted by Gasteiger charge is -2.40. The van der Waals surface area contributed by atoms with Crippen molar-refractivity contribution in [2.45, 2.75) is 23.8 Å². The number of aromatic amines is 1. The van der Waals surface area contributed by atoms with Gasteiger partial charge in [-0.15, -0.1) is 0 Å². The van der Waals surface area contributed by atoms with Crippen molar-refractivity contribution >= 4 is 43.9 Å². The lowest BCUT2D eigenvalue weighted by Crippen LogP contribution is -2.56. The average molecular weight is 786 g/mol. The van der Waals surface area contributed by atoms with E-state index in [1.165, 1.54) is 29.3 Å². The maximum Gasteiger partial charge on any atom is 0.277 e. The van der Waals surface area contributed by atoms with Crippen molar-refractivity contribution in [1.82, 2.24) is 14.6 Å². The van der Waals surface area contributed by atoms with Gasteiger partial charge in [0.05, 0.1) is 16.5 Å². The van der Waals surface area contributed by atoms with Crippen molar-refractivity contribution in [3.8, 4) is 11.5 Å². The second-order valence-corrected chi connectivity index (χ2v) is 16.1. The first-order chi connectivity index (χ1) is 27.8. The van der Waals surface area contributed by atoms with Crippen LogP contribution in [0.4, 0.5) is 17.1 Å². The van der Waals surface area contributed by atoms with E-state index >= 15 is 0 Å². The van der Waals surface area contributed by atoms with Crippen LogP contribution in [0.25, 0.3) is 10.9 Å². The molecule has 0 unspecified atom stereocenters. The fourth-order valence-corrected chi connectivity index (χ4v) is 8.69. The van der Waals surface area contributed by atoms with Crippen molar-refractivity contribution in [3.05, 3.63) is 149 Å². The molecule has 8 rings (SSSR count). The SMILES string of the molecule is O=[NH+]c1cc(S(=O)(=O)NC(=O)c2ccc(N3CCN(C(c4ccccc4)c4ccccc4)CC3)cc2Oc2ccc3[nH]ccc3c2)ccc1NCC1CCOCC1. The monoisotopic (exact) mass is 785 g/mol. The minimum absolute atomic E-state index is 0.0419. The Morgan fingerprint density at radius 3 is 2.26 bits per heavy atom. The molecule has 13 heteroatoms. The first kappa shape index (κ1) is 37.9. The molecule has 57 heavy (non-hydrogen) atoms. The summed E-state index contributed by atoms with van der Waals surface area (Å²) in [6.07, 6.45) is 3.64. The predicted octanol–water partition coefficient (Wildman–Crippen LogP) is 6.31. The Hall–Kier alpha value is -6.02. The standard InChI is InChI=1S/C44H44N6O6S/c51-44(48-57(53,54)37-13-16-40(41(29-37)47-52)46-30-31-18-25-55-26-19-31)38-14-11-35(28-42(38)56-36-12-15-39-34(27-36)17-20-45-39)49-21-23-50(24-22-49)43(32-7-3-1-4-8-32)33-9-5-2-6-10-33/h1-17,20,27-29,31,43,45-46H,18-19,21-26,30H2,(H,48,51)/p+1. The van der Waals surface area contributed by atoms with Gasteiger partial charge in [-0.05, 0) is 78.4 Å². The fourth-order valence-electron chi connectivity index (χ4n) is 7.69. The van der Waals surface area contributed by atoms with Gasteiger partial charge in [0, 0.05) is 90.9 Å². The van der Waals surface area contributed by atoms with Gasteiger partial charge in [-0.25, -0.2) is 13.1 Å². The van der Waals surface area contributed by atoms with Crippen LogP contribution in [-0.4, -0.2) is 70.1 Å². The van der Waals surface area contributed by atoms with Gasteiger partial charge in [-0.2, -0.15) is 0 Å². The molecule has 0 radical (unpaired) electrons. The van der Waals surface area contributed by atoms with Gasteiger partial charge >= 0.3 is 0 Å². The summed E-state index contributed by atoms with van der Waals surface area (Å²) in [4.78, 5) is 33.5. The van der Waals surface area contributed by atoms with Crippen LogP contribution in [0, 0.1) is 10.8 Å². The average Bonchev–Trinajstić information content (AvgIpc) is 3.72. The highest BCUT2D eigenvalue weighted by Crippen LogP contribution is 2.35. The molecule has 6 aromatic rings. The number of nitrogens with one attached hydrogen (secondary N) is 4. The van der Waals surface area contributed by atoms with E-state index in [0.29, 0.717) is 37.1 Å². The summed E-state index contributed by atoms with van der Waals surface area (Å²) in [6.45, 7) is 5.03. The number of sulfonamides is 1. The molecule has 0 atom stereocenters. The number of carbonyl (C=O) groups is 1. The van der Waals surface area contributed by atoms with Crippen LogP contribution in [-0.2, 0) is 14.8 Å². The zero-order valence-corrected chi connectivity index (χ0v) is 32.2. The van der Waals surface area contributed by atoms with Crippen molar-refractivity contribution < 1.29 is 27.9 Å². The molecule has 3 heterocycles. The molecule has 0 aliphatic carbocycles. The topological polar surface area (TPSA) is 147 Å². The Morgan fingerprint density at radius 1 is 0.842 bits per heavy atom. The van der Waals surface area contributed by atoms with E-state index in [0.717, 1.165) is 55.6 Å². The first-order valence-electron chi connectivity index (χ1n) is 19.2. The summed E-state index contributed by atoms with van der Waals surface area (Å²) >= 11 is 0. The lowest BCUT2D eigenvalue weighted by molar-refractivity contribution is -0.378. The highest BCUT2D eigenvalue weighted by molar-refractivity contribution is 7.90. The molecule has 2 aliphatic heterocycles. The third-order valence-electron chi connectivity index (χ3n) is 10.8. The zero-order valence-electron chi connectivity index (χ0n) is 31.4. The highest BCUT2D eigenvalue weighted by Gasteiger charge is 2.29. The molecular weight excluding hydrogens is 741 g/mol. The molecule has 2 fully saturated rings. The van der Waals surface area contributed by atoms with E-state index in [1.807, 2.05) is 47.8 Å². The van der Waals surface area contributed by atoms with Crippen LogP contribution in [0.3, 0.4) is 0 Å². The van der Waals surface area contributed by atoms with Crippen LogP contribution in [0.15, 0.2) is 132 Å². The summed E-state index contributed by atoms with van der Waals surface area (Å²) in [5.41, 5.74) is 4.82. The largest absolute Gasteiger partial charge is 0.456 e. The summed E-state index contributed by atoms with van der Waals surface area (Å²) in [7, 11) is -4.39. The number of amides is 1. The Labute approximate surface area is 331 Å². The highest BCUT2D eigenvalue weighted by atomic mass is 32.2. The molecule has 292 valence electrons. The molecule has 1 aromatic heterocycles. The summed E-state index contributed by atoms with van der Waals surface area (Å²) in [6, 6.07) is 38.0. The van der Waals surface area contributed by atoms with Gasteiger partial charge in [0.1, 0.15) is 17.2 Å². The zero-order chi connectivity index (χ0) is 39.2. The second kappa shape index (κ2) is 17.0. The van der Waals surface area contributed by atoms with Crippen LogP contribution in [0.2, 0.25) is 0 Å². The third kappa shape index (κ3) is 8.70. The number of rotatable bonds is 13. The van der Waals surface area contributed by atoms with Gasteiger partial charge in [0.15, 0.2) is 0 Å². The Balaban J connectivity index is 1.03. The van der Waals surface area contributed by atoms with E-state index < -0.39 is 15.9 Å². The van der Waals surface area contributed by atoms with Gasteiger partial charge in [-0.3, -0.25) is 9.69 Å². The molecule has 0 bridgehead atoms. The van der Waals surface area contributed by atoms with E-state index in [9.17, 15) is 18.1 Å². The molecule has 1 amide bonds. The van der Waals surface area contributed by atoms with Crippen molar-refractivity contribution in [2.24, 2.45) is 5.92 Å². The molecule has 0 spiro atoms. The van der Waals surface area contributed by atoms with Gasteiger partial charge in [0.25, 0.3) is 21.6 Å². The summed E-state index contributed by atoms with van der Waals surface area (Å²) in [5, 5.41) is 6.02. The van der Waals surface area contributed by atoms with Crippen LogP contribution in [0.5, 0.6) is 11.5 Å². The van der Waals surface area contributed by atoms with Gasteiger partial charge in [-0.1, -0.05) is 60.7 Å². The molecule has 4 N–H and O–H groups in total. The number of nitroso groups, excluding NO2 is 1. The lowest BCUT2D eigenvalue weighted by atomic mass is 9.96. The quantitative estimate of drug-likeness (QED) is 0.106. The molecule has 2 saturated heterocycles. The normalized spacial score (nSPS) is 15.4. The second-order valence-electron chi connectivity index (χ2n) is 14.4. The fraction of sp³-hybridized carbons (Fsp3) is 0.250. The summed E-state index contributed by atoms with van der Waals surface area (Å²) < 4.78 is 41.3. The molecular formula is C44H45N6O6S+. The number of aromatic nitrogens is 1. The number of ether oxygens (including phenoxy) is 2. The van der Waals surface area contributed by atoms with Crippen molar-refractivity contribution in [1.29, 1.82) is 0 Å². The number of hydrogen-bond donors (Lipinski definition) is 4. The first-order valence-corrected chi connectivity index (χ1v) is 20.7. The third-order valence-corrected chi connectivity index (χ3v) is 12.1. The number of carbonyl (C=O) groups excluding carboxylic acids is 1. The van der Waals surface area contributed by atoms with Gasteiger partial charge < -0.3 is 24.7 Å². The minimum atomic E-state index is -4.39. The molecule has 0 saturated carbocycles. The smallest absolute Gasteiger partial charge is 0.277 e. The van der Waals surface area contributed by atoms with Crippen molar-refractivity contribution in [2.75, 3.05) is 56.2 Å². The maximum atomic E-state index is 13.9. The summed E-state index contributed by atoms with van der Waals surface area (Å²) in [5.74, 6) is 0.212. The van der Waals surface area contributed by atoms with Gasteiger partial charge in [0.2, 0.25) is 0 Å². The van der Waals surface area contributed by atoms with Crippen molar-refractivity contribution in [3.63, 3.8) is 0 Å². The predicted molar refractivity (Wildman–Crippen MR) is 220 cm³/mol. The van der Waals surface area contributed by atoms with Crippen LogP contribution < -0.4 is 24.9 Å².